The third-order valence-electron chi connectivity index (χ3n) is 3.82. The van der Waals surface area contributed by atoms with Crippen molar-refractivity contribution in [3.63, 3.8) is 0 Å². The second kappa shape index (κ2) is 5.85. The lowest BCUT2D eigenvalue weighted by Crippen LogP contribution is -2.32. The van der Waals surface area contributed by atoms with Crippen LogP contribution in [0.15, 0.2) is 35.3 Å². The second-order valence-corrected chi connectivity index (χ2v) is 5.60. The Labute approximate surface area is 126 Å². The molecule has 0 saturated carbocycles. The average Bonchev–Trinajstić information content (AvgIpc) is 2.90. The van der Waals surface area contributed by atoms with Gasteiger partial charge in [0.2, 0.25) is 0 Å². The normalized spacial score (nSPS) is 18.2. The van der Waals surface area contributed by atoms with E-state index < -0.39 is 0 Å². The van der Waals surface area contributed by atoms with E-state index in [-0.39, 0.29) is 22.4 Å². The van der Waals surface area contributed by atoms with Gasteiger partial charge in [0.1, 0.15) is 10.8 Å². The maximum absolute atomic E-state index is 13.3. The molecule has 4 nitrogen and oxygen atoms in total. The fraction of sp³-hybridized carbons (Fsp3) is 0.333. The third-order valence-corrected chi connectivity index (χ3v) is 4.19. The number of anilines is 1. The summed E-state index contributed by atoms with van der Waals surface area (Å²) in [5, 5.41) is 6.31. The van der Waals surface area contributed by atoms with Crippen LogP contribution in [-0.2, 0) is 6.42 Å². The van der Waals surface area contributed by atoms with Gasteiger partial charge in [0, 0.05) is 12.6 Å². The first-order valence-corrected chi connectivity index (χ1v) is 7.27. The van der Waals surface area contributed by atoms with E-state index in [1.807, 2.05) is 6.07 Å². The molecule has 0 radical (unpaired) electrons. The van der Waals surface area contributed by atoms with Crippen molar-refractivity contribution in [2.45, 2.75) is 25.3 Å². The van der Waals surface area contributed by atoms with E-state index in [1.54, 1.807) is 18.3 Å². The molecule has 0 unspecified atom stereocenters. The molecule has 0 spiro atoms. The summed E-state index contributed by atoms with van der Waals surface area (Å²) in [4.78, 5) is 13.7. The van der Waals surface area contributed by atoms with Crippen LogP contribution in [0.1, 0.15) is 18.4 Å². The Morgan fingerprint density at radius 2 is 2.33 bits per heavy atom. The number of rotatable bonds is 3. The van der Waals surface area contributed by atoms with Crippen LogP contribution in [0.2, 0.25) is 5.02 Å². The molecule has 1 N–H and O–H groups in total. The van der Waals surface area contributed by atoms with Gasteiger partial charge in [-0.1, -0.05) is 23.7 Å². The molecular weight excluding hydrogens is 293 g/mol. The van der Waals surface area contributed by atoms with Crippen LogP contribution in [0.3, 0.4) is 0 Å². The summed E-state index contributed by atoms with van der Waals surface area (Å²) in [6.45, 7) is 0.824. The van der Waals surface area contributed by atoms with Gasteiger partial charge in [-0.3, -0.25) is 4.79 Å². The van der Waals surface area contributed by atoms with E-state index in [2.05, 4.69) is 15.1 Å². The molecule has 21 heavy (non-hydrogen) atoms. The largest absolute Gasteiger partial charge is 0.366 e. The monoisotopic (exact) mass is 307 g/mol. The molecule has 1 atom stereocenters. The van der Waals surface area contributed by atoms with Gasteiger partial charge in [0.05, 0.1) is 11.9 Å². The first-order chi connectivity index (χ1) is 10.1. The lowest BCUT2D eigenvalue weighted by Gasteiger charge is -2.27. The van der Waals surface area contributed by atoms with Crippen molar-refractivity contribution < 1.29 is 4.39 Å². The Balaban J connectivity index is 1.86. The van der Waals surface area contributed by atoms with Crippen molar-refractivity contribution in [2.24, 2.45) is 0 Å². The summed E-state index contributed by atoms with van der Waals surface area (Å²) in [5.41, 5.74) is 1.21. The highest BCUT2D eigenvalue weighted by Crippen LogP contribution is 2.30. The van der Waals surface area contributed by atoms with E-state index >= 15 is 0 Å². The zero-order valence-electron chi connectivity index (χ0n) is 11.4. The van der Waals surface area contributed by atoms with Crippen LogP contribution < -0.4 is 10.5 Å². The van der Waals surface area contributed by atoms with E-state index in [0.717, 1.165) is 31.4 Å². The van der Waals surface area contributed by atoms with Crippen LogP contribution in [0.25, 0.3) is 0 Å². The molecule has 2 heterocycles. The average molecular weight is 308 g/mol. The number of benzene rings is 1. The van der Waals surface area contributed by atoms with Gasteiger partial charge in [-0.05, 0) is 37.0 Å². The molecule has 1 aliphatic heterocycles. The van der Waals surface area contributed by atoms with Crippen molar-refractivity contribution in [3.8, 4) is 0 Å². The SMILES string of the molecule is O=c1[nH]ncc(N2CCC[C@@H]2Cc2cccc(F)c2)c1Cl. The standard InChI is InChI=1S/C15H15ClFN3O/c16-14-13(9-18-19-15(14)21)20-6-2-5-12(20)8-10-3-1-4-11(17)7-10/h1,3-4,7,9,12H,2,5-6,8H2,(H,19,21)/t12-/m1/s1. The van der Waals surface area contributed by atoms with Crippen LogP contribution in [0, 0.1) is 5.82 Å². The molecule has 110 valence electrons. The molecule has 1 aromatic heterocycles. The topological polar surface area (TPSA) is 49.0 Å². The van der Waals surface area contributed by atoms with Gasteiger partial charge in [-0.2, -0.15) is 5.10 Å². The van der Waals surface area contributed by atoms with E-state index in [4.69, 9.17) is 11.6 Å². The van der Waals surface area contributed by atoms with Crippen molar-refractivity contribution >= 4 is 17.3 Å². The Bertz CT molecular complexity index is 703. The number of aromatic nitrogens is 2. The highest BCUT2D eigenvalue weighted by molar-refractivity contribution is 6.33. The van der Waals surface area contributed by atoms with E-state index in [0.29, 0.717) is 5.69 Å². The number of H-pyrrole nitrogens is 1. The summed E-state index contributed by atoms with van der Waals surface area (Å²) >= 11 is 6.08. The van der Waals surface area contributed by atoms with Gasteiger partial charge in [0.15, 0.2) is 0 Å². The maximum Gasteiger partial charge on any atom is 0.285 e. The number of nitrogens with one attached hydrogen (secondary N) is 1. The van der Waals surface area contributed by atoms with Crippen molar-refractivity contribution in [1.29, 1.82) is 0 Å². The third kappa shape index (κ3) is 2.93. The fourth-order valence-electron chi connectivity index (χ4n) is 2.88. The van der Waals surface area contributed by atoms with Gasteiger partial charge in [-0.15, -0.1) is 0 Å². The summed E-state index contributed by atoms with van der Waals surface area (Å²) in [7, 11) is 0. The summed E-state index contributed by atoms with van der Waals surface area (Å²) in [6, 6.07) is 6.82. The minimum atomic E-state index is -0.384. The van der Waals surface area contributed by atoms with Crippen LogP contribution in [0.5, 0.6) is 0 Å². The van der Waals surface area contributed by atoms with Crippen molar-refractivity contribution in [1.82, 2.24) is 10.2 Å². The highest BCUT2D eigenvalue weighted by Gasteiger charge is 2.27. The number of aromatic amines is 1. The quantitative estimate of drug-likeness (QED) is 0.948. The van der Waals surface area contributed by atoms with Gasteiger partial charge in [-0.25, -0.2) is 9.49 Å². The molecule has 1 aliphatic rings. The minimum Gasteiger partial charge on any atom is -0.366 e. The number of nitrogens with zero attached hydrogens (tertiary/aromatic N) is 2. The predicted molar refractivity (Wildman–Crippen MR) is 80.3 cm³/mol. The van der Waals surface area contributed by atoms with Crippen LogP contribution in [-0.4, -0.2) is 22.8 Å². The van der Waals surface area contributed by atoms with Gasteiger partial charge >= 0.3 is 0 Å². The second-order valence-electron chi connectivity index (χ2n) is 5.22. The Morgan fingerprint density at radius 3 is 3.14 bits per heavy atom. The van der Waals surface area contributed by atoms with Crippen LogP contribution >= 0.6 is 11.6 Å². The molecule has 2 aromatic rings. The minimum absolute atomic E-state index is 0.163. The van der Waals surface area contributed by atoms with Gasteiger partial charge < -0.3 is 4.90 Å². The number of hydrogen-bond donors (Lipinski definition) is 1. The lowest BCUT2D eigenvalue weighted by molar-refractivity contribution is 0.617. The van der Waals surface area contributed by atoms with Gasteiger partial charge in [0.25, 0.3) is 5.56 Å². The Hall–Kier alpha value is -1.88. The molecule has 3 rings (SSSR count). The van der Waals surface area contributed by atoms with Crippen LogP contribution in [0.4, 0.5) is 10.1 Å². The first kappa shape index (κ1) is 14.1. The maximum atomic E-state index is 13.3. The highest BCUT2D eigenvalue weighted by atomic mass is 35.5. The van der Waals surface area contributed by atoms with E-state index in [9.17, 15) is 9.18 Å². The molecule has 0 bridgehead atoms. The first-order valence-electron chi connectivity index (χ1n) is 6.89. The zero-order valence-corrected chi connectivity index (χ0v) is 12.1. The van der Waals surface area contributed by atoms with Crippen molar-refractivity contribution in [3.05, 3.63) is 57.2 Å². The number of halogens is 2. The zero-order chi connectivity index (χ0) is 14.8. The molecule has 1 aromatic carbocycles. The lowest BCUT2D eigenvalue weighted by atomic mass is 10.0. The smallest absolute Gasteiger partial charge is 0.285 e. The molecule has 0 amide bonds. The Morgan fingerprint density at radius 1 is 1.48 bits per heavy atom. The molecule has 0 aliphatic carbocycles. The van der Waals surface area contributed by atoms with Crippen molar-refractivity contribution in [2.75, 3.05) is 11.4 Å². The van der Waals surface area contributed by atoms with E-state index in [1.165, 1.54) is 6.07 Å². The molecule has 1 fully saturated rings. The molecular formula is C15H15ClFN3O. The summed E-state index contributed by atoms with van der Waals surface area (Å²) in [5.74, 6) is -0.229. The summed E-state index contributed by atoms with van der Waals surface area (Å²) in [6.07, 6.45) is 4.30. The molecule has 1 saturated heterocycles. The molecule has 6 heteroatoms. The summed E-state index contributed by atoms with van der Waals surface area (Å²) < 4.78 is 13.3. The number of hydrogen-bond acceptors (Lipinski definition) is 3. The Kier molecular flexibility index (Phi) is 3.92. The fourth-order valence-corrected chi connectivity index (χ4v) is 3.08. The predicted octanol–water partition coefficient (Wildman–Crippen LogP) is 2.77.